The third-order valence-electron chi connectivity index (χ3n) is 4.75. The number of piperidine rings is 1. The van der Waals surface area contributed by atoms with Gasteiger partial charge in [-0.25, -0.2) is 4.98 Å². The molecule has 138 valence electrons. The number of nitrogens with zero attached hydrogens (tertiary/aromatic N) is 5. The molecule has 1 atom stereocenters. The van der Waals surface area contributed by atoms with Crippen LogP contribution in [0.4, 0.5) is 0 Å². The zero-order valence-corrected chi connectivity index (χ0v) is 16.1. The largest absolute Gasteiger partial charge is 0.339 e. The van der Waals surface area contributed by atoms with Crippen molar-refractivity contribution in [1.29, 1.82) is 0 Å². The minimum Gasteiger partial charge on any atom is -0.339 e. The molecule has 1 saturated heterocycles. The average molecular weight is 373 g/mol. The van der Waals surface area contributed by atoms with Crippen molar-refractivity contribution >= 4 is 16.3 Å². The van der Waals surface area contributed by atoms with Crippen molar-refractivity contribution in [2.24, 2.45) is 0 Å². The highest BCUT2D eigenvalue weighted by molar-refractivity contribution is 7.16. The van der Waals surface area contributed by atoms with Crippen LogP contribution in [-0.4, -0.2) is 37.5 Å². The number of aryl methyl sites for hydroxylation is 1. The molecule has 8 heteroatoms. The van der Waals surface area contributed by atoms with Crippen LogP contribution in [0.3, 0.4) is 0 Å². The van der Waals surface area contributed by atoms with Gasteiger partial charge < -0.3 is 4.52 Å². The molecule has 1 unspecified atom stereocenters. The van der Waals surface area contributed by atoms with Crippen molar-refractivity contribution in [3.05, 3.63) is 44.9 Å². The summed E-state index contributed by atoms with van der Waals surface area (Å²) in [6.07, 6.45) is 3.97. The third-order valence-corrected chi connectivity index (χ3v) is 5.65. The van der Waals surface area contributed by atoms with E-state index in [9.17, 15) is 4.79 Å². The van der Waals surface area contributed by atoms with E-state index in [1.165, 1.54) is 0 Å². The lowest BCUT2D eigenvalue weighted by Crippen LogP contribution is -2.34. The number of aromatic nitrogens is 4. The molecular weight excluding hydrogens is 350 g/mol. The highest BCUT2D eigenvalue weighted by atomic mass is 32.1. The second kappa shape index (κ2) is 6.92. The fraction of sp³-hybridized carbons (Fsp3) is 0.556. The van der Waals surface area contributed by atoms with Gasteiger partial charge in [0.25, 0.3) is 5.56 Å². The molecule has 4 rings (SSSR count). The van der Waals surface area contributed by atoms with Crippen LogP contribution in [0.5, 0.6) is 0 Å². The molecule has 26 heavy (non-hydrogen) atoms. The van der Waals surface area contributed by atoms with Crippen LogP contribution in [0.25, 0.3) is 4.96 Å². The molecule has 0 N–H and O–H groups in total. The molecular formula is C18H23N5O2S. The Morgan fingerprint density at radius 1 is 1.38 bits per heavy atom. The monoisotopic (exact) mass is 373 g/mol. The summed E-state index contributed by atoms with van der Waals surface area (Å²) >= 11 is 1.55. The number of likely N-dealkylation sites (tertiary alicyclic amines) is 1. The number of thiazole rings is 1. The summed E-state index contributed by atoms with van der Waals surface area (Å²) in [6, 6.07) is 1.65. The van der Waals surface area contributed by atoms with Crippen molar-refractivity contribution in [3.63, 3.8) is 0 Å². The van der Waals surface area contributed by atoms with E-state index in [1.54, 1.807) is 21.8 Å². The first kappa shape index (κ1) is 17.4. The van der Waals surface area contributed by atoms with Gasteiger partial charge in [0.2, 0.25) is 5.89 Å². The molecule has 0 saturated carbocycles. The molecule has 1 aliphatic rings. The fourth-order valence-corrected chi connectivity index (χ4v) is 4.27. The highest BCUT2D eigenvalue weighted by Crippen LogP contribution is 2.27. The SMILES string of the molecule is Cc1cn2c(=O)cc(CN3CCCC(c4nc(C(C)C)no4)C3)nc2s1. The number of hydrogen-bond acceptors (Lipinski definition) is 7. The molecule has 7 nitrogen and oxygen atoms in total. The fourth-order valence-electron chi connectivity index (χ4n) is 3.42. The molecule has 0 aliphatic carbocycles. The first-order valence-electron chi connectivity index (χ1n) is 9.04. The quantitative estimate of drug-likeness (QED) is 0.700. The van der Waals surface area contributed by atoms with E-state index >= 15 is 0 Å². The van der Waals surface area contributed by atoms with Gasteiger partial charge in [0.15, 0.2) is 10.8 Å². The number of rotatable bonds is 4. The molecule has 0 bridgehead atoms. The Morgan fingerprint density at radius 2 is 2.23 bits per heavy atom. The average Bonchev–Trinajstić information content (AvgIpc) is 3.22. The van der Waals surface area contributed by atoms with Crippen LogP contribution in [0.2, 0.25) is 0 Å². The van der Waals surface area contributed by atoms with Crippen LogP contribution in [0.15, 0.2) is 21.6 Å². The lowest BCUT2D eigenvalue weighted by Gasteiger charge is -2.30. The zero-order chi connectivity index (χ0) is 18.3. The highest BCUT2D eigenvalue weighted by Gasteiger charge is 2.26. The molecule has 0 spiro atoms. The van der Waals surface area contributed by atoms with Gasteiger partial charge in [-0.15, -0.1) is 11.3 Å². The maximum Gasteiger partial charge on any atom is 0.258 e. The van der Waals surface area contributed by atoms with Gasteiger partial charge in [0.1, 0.15) is 0 Å². The van der Waals surface area contributed by atoms with Gasteiger partial charge in [0, 0.05) is 36.1 Å². The van der Waals surface area contributed by atoms with Gasteiger partial charge >= 0.3 is 0 Å². The minimum atomic E-state index is -0.0126. The molecule has 3 aromatic rings. The predicted molar refractivity (Wildman–Crippen MR) is 99.7 cm³/mol. The van der Waals surface area contributed by atoms with Gasteiger partial charge in [-0.05, 0) is 26.3 Å². The Balaban J connectivity index is 1.50. The standard InChI is InChI=1S/C18H23N5O2S/c1-11(2)16-20-17(25-21-16)13-5-4-6-22(9-13)10-14-7-15(24)23-8-12(3)26-18(23)19-14/h7-8,11,13H,4-6,9-10H2,1-3H3. The van der Waals surface area contributed by atoms with Crippen LogP contribution in [0.1, 0.15) is 60.8 Å². The van der Waals surface area contributed by atoms with E-state index in [0.717, 1.165) is 53.2 Å². The third kappa shape index (κ3) is 3.43. The van der Waals surface area contributed by atoms with Crippen molar-refractivity contribution < 1.29 is 4.52 Å². The summed E-state index contributed by atoms with van der Waals surface area (Å²) < 4.78 is 7.11. The second-order valence-electron chi connectivity index (χ2n) is 7.30. The van der Waals surface area contributed by atoms with E-state index in [-0.39, 0.29) is 17.4 Å². The normalized spacial score (nSPS) is 18.8. The van der Waals surface area contributed by atoms with Crippen LogP contribution < -0.4 is 5.56 Å². The summed E-state index contributed by atoms with van der Waals surface area (Å²) in [5, 5.41) is 4.09. The second-order valence-corrected chi connectivity index (χ2v) is 8.51. The summed E-state index contributed by atoms with van der Waals surface area (Å²) in [5.41, 5.74) is 0.812. The Labute approximate surface area is 155 Å². The summed E-state index contributed by atoms with van der Waals surface area (Å²) in [6.45, 7) is 8.63. The Hall–Kier alpha value is -2.06. The van der Waals surface area contributed by atoms with Crippen molar-refractivity contribution in [1.82, 2.24) is 24.4 Å². The van der Waals surface area contributed by atoms with Crippen molar-refractivity contribution in [2.45, 2.75) is 52.0 Å². The maximum absolute atomic E-state index is 12.3. The molecule has 0 amide bonds. The van der Waals surface area contributed by atoms with Gasteiger partial charge in [0.05, 0.1) is 11.6 Å². The van der Waals surface area contributed by atoms with Crippen molar-refractivity contribution in [2.75, 3.05) is 13.1 Å². The molecule has 1 aliphatic heterocycles. The lowest BCUT2D eigenvalue weighted by atomic mass is 9.98. The maximum atomic E-state index is 12.3. The van der Waals surface area contributed by atoms with Crippen LogP contribution in [0, 0.1) is 6.92 Å². The van der Waals surface area contributed by atoms with E-state index in [1.807, 2.05) is 13.1 Å². The van der Waals surface area contributed by atoms with E-state index < -0.39 is 0 Å². The van der Waals surface area contributed by atoms with Crippen LogP contribution >= 0.6 is 11.3 Å². The summed E-state index contributed by atoms with van der Waals surface area (Å²) in [4.78, 5) is 25.7. The Kier molecular flexibility index (Phi) is 4.62. The molecule has 0 aromatic carbocycles. The van der Waals surface area contributed by atoms with E-state index in [0.29, 0.717) is 6.54 Å². The Bertz CT molecular complexity index is 974. The topological polar surface area (TPSA) is 76.5 Å². The molecule has 0 radical (unpaired) electrons. The number of fused-ring (bicyclic) bond motifs is 1. The summed E-state index contributed by atoms with van der Waals surface area (Å²) in [5.74, 6) is 2.02. The van der Waals surface area contributed by atoms with Crippen molar-refractivity contribution in [3.8, 4) is 0 Å². The minimum absolute atomic E-state index is 0.0126. The molecule has 4 heterocycles. The first-order valence-corrected chi connectivity index (χ1v) is 9.86. The smallest absolute Gasteiger partial charge is 0.258 e. The van der Waals surface area contributed by atoms with E-state index in [2.05, 4.69) is 33.9 Å². The molecule has 1 fully saturated rings. The summed E-state index contributed by atoms with van der Waals surface area (Å²) in [7, 11) is 0. The predicted octanol–water partition coefficient (Wildman–Crippen LogP) is 2.95. The van der Waals surface area contributed by atoms with Gasteiger partial charge in [-0.2, -0.15) is 4.98 Å². The van der Waals surface area contributed by atoms with Gasteiger partial charge in [-0.1, -0.05) is 19.0 Å². The van der Waals surface area contributed by atoms with E-state index in [4.69, 9.17) is 4.52 Å². The lowest BCUT2D eigenvalue weighted by molar-refractivity contribution is 0.178. The first-order chi connectivity index (χ1) is 12.5. The molecule has 3 aromatic heterocycles. The zero-order valence-electron chi connectivity index (χ0n) is 15.3. The van der Waals surface area contributed by atoms with Crippen LogP contribution in [-0.2, 0) is 6.54 Å². The Morgan fingerprint density at radius 3 is 3.00 bits per heavy atom. The van der Waals surface area contributed by atoms with Gasteiger partial charge in [-0.3, -0.25) is 14.1 Å². The number of hydrogen-bond donors (Lipinski definition) is 0.